The van der Waals surface area contributed by atoms with E-state index in [1.54, 1.807) is 32.1 Å². The van der Waals surface area contributed by atoms with Crippen LogP contribution in [-0.4, -0.2) is 29.2 Å². The number of ether oxygens (including phenoxy) is 2. The molecule has 3 heterocycles. The molecule has 0 aliphatic heterocycles. The molecule has 0 saturated carbocycles. The molecule has 0 atom stereocenters. The fourth-order valence-corrected chi connectivity index (χ4v) is 3.31. The predicted molar refractivity (Wildman–Crippen MR) is 95.7 cm³/mol. The first-order chi connectivity index (χ1) is 11.7. The summed E-state index contributed by atoms with van der Waals surface area (Å²) in [6.07, 6.45) is 3.52. The summed E-state index contributed by atoms with van der Waals surface area (Å²) in [6, 6.07) is 5.78. The molecule has 0 aliphatic carbocycles. The van der Waals surface area contributed by atoms with Crippen molar-refractivity contribution in [3.63, 3.8) is 0 Å². The molecule has 0 aliphatic rings. The first-order valence-corrected chi connectivity index (χ1v) is 8.09. The second-order valence-corrected chi connectivity index (χ2v) is 6.09. The number of anilines is 1. The van der Waals surface area contributed by atoms with Gasteiger partial charge in [0.05, 0.1) is 35.8 Å². The molecular formula is C17H14N4O2S. The number of fused-ring (bicyclic) bond motifs is 3. The Morgan fingerprint density at radius 2 is 1.75 bits per heavy atom. The number of thiazole rings is 1. The Morgan fingerprint density at radius 1 is 0.958 bits per heavy atom. The van der Waals surface area contributed by atoms with Crippen molar-refractivity contribution < 1.29 is 9.47 Å². The van der Waals surface area contributed by atoms with Gasteiger partial charge in [0.25, 0.3) is 0 Å². The summed E-state index contributed by atoms with van der Waals surface area (Å²) in [5.74, 6) is 1.73. The molecule has 0 fully saturated rings. The molecule has 1 aromatic carbocycles. The molecule has 4 rings (SSSR count). The smallest absolute Gasteiger partial charge is 0.162 e. The summed E-state index contributed by atoms with van der Waals surface area (Å²) in [6.45, 7) is 0. The molecule has 0 amide bonds. The van der Waals surface area contributed by atoms with Gasteiger partial charge in [-0.1, -0.05) is 0 Å². The zero-order valence-corrected chi connectivity index (χ0v) is 13.9. The van der Waals surface area contributed by atoms with Gasteiger partial charge in [-0.15, -0.1) is 11.3 Å². The molecule has 0 bridgehead atoms. The summed E-state index contributed by atoms with van der Waals surface area (Å²) in [4.78, 5) is 14.0. The van der Waals surface area contributed by atoms with Gasteiger partial charge in [-0.2, -0.15) is 0 Å². The molecule has 0 unspecified atom stereocenters. The number of pyridine rings is 2. The van der Waals surface area contributed by atoms with Crippen LogP contribution in [0, 0.1) is 0 Å². The Morgan fingerprint density at radius 3 is 2.46 bits per heavy atom. The molecule has 4 aromatic rings. The second-order valence-electron chi connectivity index (χ2n) is 5.20. The molecule has 0 radical (unpaired) electrons. The van der Waals surface area contributed by atoms with Gasteiger partial charge in [-0.05, 0) is 17.5 Å². The number of benzene rings is 1. The van der Waals surface area contributed by atoms with Crippen molar-refractivity contribution in [3.05, 3.63) is 36.1 Å². The molecule has 0 saturated heterocycles. The van der Waals surface area contributed by atoms with E-state index in [1.807, 2.05) is 18.2 Å². The van der Waals surface area contributed by atoms with Crippen molar-refractivity contribution in [1.82, 2.24) is 15.0 Å². The van der Waals surface area contributed by atoms with E-state index in [4.69, 9.17) is 15.2 Å². The summed E-state index contributed by atoms with van der Waals surface area (Å²) >= 11 is 1.52. The molecule has 7 heteroatoms. The SMILES string of the molecule is COc1cc2ncc3c(N)nc(-c4cncs4)cc3c2cc1OC. The van der Waals surface area contributed by atoms with Crippen LogP contribution in [0.2, 0.25) is 0 Å². The first kappa shape index (κ1) is 14.6. The van der Waals surface area contributed by atoms with E-state index >= 15 is 0 Å². The van der Waals surface area contributed by atoms with Crippen LogP contribution in [-0.2, 0) is 0 Å². The van der Waals surface area contributed by atoms with Gasteiger partial charge >= 0.3 is 0 Å². The van der Waals surface area contributed by atoms with Gasteiger partial charge in [0, 0.05) is 29.2 Å². The monoisotopic (exact) mass is 338 g/mol. The van der Waals surface area contributed by atoms with E-state index < -0.39 is 0 Å². The lowest BCUT2D eigenvalue weighted by Crippen LogP contribution is -1.96. The lowest BCUT2D eigenvalue weighted by atomic mass is 10.1. The second kappa shape index (κ2) is 5.61. The Hall–Kier alpha value is -2.93. The van der Waals surface area contributed by atoms with Crippen LogP contribution in [0.3, 0.4) is 0 Å². The maximum Gasteiger partial charge on any atom is 0.162 e. The molecular weight excluding hydrogens is 324 g/mol. The Kier molecular flexibility index (Phi) is 3.42. The van der Waals surface area contributed by atoms with Crippen LogP contribution in [0.4, 0.5) is 5.82 Å². The number of rotatable bonds is 3. The number of nitrogen functional groups attached to an aromatic ring is 1. The van der Waals surface area contributed by atoms with Crippen LogP contribution in [0.15, 0.2) is 36.1 Å². The van der Waals surface area contributed by atoms with Crippen LogP contribution >= 0.6 is 11.3 Å². The van der Waals surface area contributed by atoms with E-state index in [0.717, 1.165) is 32.2 Å². The standard InChI is InChI=1S/C17H14N4O2S/c1-22-14-4-10-9-3-13(16-7-19-8-24-16)21-17(18)11(9)6-20-12(10)5-15(14)23-2/h3-8H,1-2H3,(H2,18,21). The van der Waals surface area contributed by atoms with E-state index in [2.05, 4.69) is 15.0 Å². The highest BCUT2D eigenvalue weighted by Crippen LogP contribution is 2.37. The number of aromatic nitrogens is 3. The zero-order valence-electron chi connectivity index (χ0n) is 13.1. The topological polar surface area (TPSA) is 83.2 Å². The average Bonchev–Trinajstić information content (AvgIpc) is 3.14. The normalized spacial score (nSPS) is 11.1. The molecule has 24 heavy (non-hydrogen) atoms. The molecule has 2 N–H and O–H groups in total. The third-order valence-corrected chi connectivity index (χ3v) is 4.69. The van der Waals surface area contributed by atoms with Crippen molar-refractivity contribution in [2.75, 3.05) is 20.0 Å². The third kappa shape index (κ3) is 2.21. The van der Waals surface area contributed by atoms with E-state index in [-0.39, 0.29) is 0 Å². The molecule has 6 nitrogen and oxygen atoms in total. The minimum atomic E-state index is 0.445. The quantitative estimate of drug-likeness (QED) is 0.576. The van der Waals surface area contributed by atoms with Crippen molar-refractivity contribution in [2.24, 2.45) is 0 Å². The van der Waals surface area contributed by atoms with Gasteiger partial charge in [0.15, 0.2) is 11.5 Å². The first-order valence-electron chi connectivity index (χ1n) is 7.21. The van der Waals surface area contributed by atoms with Crippen LogP contribution in [0.1, 0.15) is 0 Å². The molecule has 120 valence electrons. The minimum Gasteiger partial charge on any atom is -0.493 e. The average molecular weight is 338 g/mol. The van der Waals surface area contributed by atoms with E-state index in [9.17, 15) is 0 Å². The summed E-state index contributed by atoms with van der Waals surface area (Å²) in [5, 5.41) is 2.71. The fourth-order valence-electron chi connectivity index (χ4n) is 2.73. The summed E-state index contributed by atoms with van der Waals surface area (Å²) in [5.41, 5.74) is 9.53. The van der Waals surface area contributed by atoms with Gasteiger partial charge in [-0.3, -0.25) is 9.97 Å². The van der Waals surface area contributed by atoms with Crippen LogP contribution in [0.25, 0.3) is 32.2 Å². The van der Waals surface area contributed by atoms with Crippen molar-refractivity contribution in [1.29, 1.82) is 0 Å². The molecule has 0 spiro atoms. The highest BCUT2D eigenvalue weighted by Gasteiger charge is 2.13. The summed E-state index contributed by atoms with van der Waals surface area (Å²) < 4.78 is 10.8. The largest absolute Gasteiger partial charge is 0.493 e. The van der Waals surface area contributed by atoms with E-state index in [1.165, 1.54) is 11.3 Å². The number of methoxy groups -OCH3 is 2. The van der Waals surface area contributed by atoms with E-state index in [0.29, 0.717) is 17.3 Å². The van der Waals surface area contributed by atoms with Gasteiger partial charge in [0.2, 0.25) is 0 Å². The molecule has 3 aromatic heterocycles. The minimum absolute atomic E-state index is 0.445. The predicted octanol–water partition coefficient (Wildman–Crippen LogP) is 3.51. The van der Waals surface area contributed by atoms with Crippen molar-refractivity contribution in [3.8, 4) is 22.1 Å². The van der Waals surface area contributed by atoms with Gasteiger partial charge in [-0.25, -0.2) is 4.98 Å². The summed E-state index contributed by atoms with van der Waals surface area (Å²) in [7, 11) is 3.22. The maximum atomic E-state index is 6.16. The Bertz CT molecular complexity index is 1050. The highest BCUT2D eigenvalue weighted by atomic mass is 32.1. The van der Waals surface area contributed by atoms with Gasteiger partial charge < -0.3 is 15.2 Å². The number of hydrogen-bond acceptors (Lipinski definition) is 7. The third-order valence-electron chi connectivity index (χ3n) is 3.90. The number of hydrogen-bond donors (Lipinski definition) is 1. The van der Waals surface area contributed by atoms with Crippen LogP contribution in [0.5, 0.6) is 11.5 Å². The number of nitrogens with zero attached hydrogens (tertiary/aromatic N) is 3. The fraction of sp³-hybridized carbons (Fsp3) is 0.118. The zero-order chi connectivity index (χ0) is 16.7. The van der Waals surface area contributed by atoms with Crippen molar-refractivity contribution >= 4 is 38.8 Å². The Labute approximate surface area is 141 Å². The highest BCUT2D eigenvalue weighted by molar-refractivity contribution is 7.13. The Balaban J connectivity index is 2.08. The lowest BCUT2D eigenvalue weighted by molar-refractivity contribution is 0.356. The van der Waals surface area contributed by atoms with Crippen molar-refractivity contribution in [2.45, 2.75) is 0 Å². The lowest BCUT2D eigenvalue weighted by Gasteiger charge is -2.11. The van der Waals surface area contributed by atoms with Crippen LogP contribution < -0.4 is 15.2 Å². The van der Waals surface area contributed by atoms with Gasteiger partial charge in [0.1, 0.15) is 5.82 Å². The number of nitrogens with two attached hydrogens (primary N) is 1. The maximum absolute atomic E-state index is 6.16.